The molecule has 4 rings (SSSR count). The molecule has 0 spiro atoms. The molecular weight excluding hydrogens is 406 g/mol. The second kappa shape index (κ2) is 9.82. The number of likely N-dealkylation sites (tertiary alicyclic amines) is 1. The number of rotatable bonds is 8. The number of nitrogens with zero attached hydrogens (tertiary/aromatic N) is 3. The van der Waals surface area contributed by atoms with Crippen molar-refractivity contribution in [3.8, 4) is 11.5 Å². The fraction of sp³-hybridized carbons (Fsp3) is 0.714. The molecule has 2 saturated heterocycles. The van der Waals surface area contributed by atoms with Crippen LogP contribution in [0.5, 0.6) is 11.5 Å². The summed E-state index contributed by atoms with van der Waals surface area (Å²) in [5, 5.41) is 0. The van der Waals surface area contributed by atoms with Crippen LogP contribution in [0.3, 0.4) is 0 Å². The number of hydrogen-bond acceptors (Lipinski definition) is 7. The van der Waals surface area contributed by atoms with Crippen LogP contribution in [0.1, 0.15) is 18.4 Å². The van der Waals surface area contributed by atoms with Gasteiger partial charge in [0.15, 0.2) is 11.5 Å². The molecule has 3 heterocycles. The zero-order valence-corrected chi connectivity index (χ0v) is 18.6. The summed E-state index contributed by atoms with van der Waals surface area (Å²) in [5.41, 5.74) is 1.16. The summed E-state index contributed by atoms with van der Waals surface area (Å²) in [6.07, 6.45) is 3.06. The third-order valence-electron chi connectivity index (χ3n) is 6.05. The Kier molecular flexibility index (Phi) is 7.15. The molecule has 0 aliphatic carbocycles. The van der Waals surface area contributed by atoms with Crippen molar-refractivity contribution in [2.45, 2.75) is 25.4 Å². The van der Waals surface area contributed by atoms with Gasteiger partial charge in [0.05, 0.1) is 19.5 Å². The highest BCUT2D eigenvalue weighted by molar-refractivity contribution is 7.88. The van der Waals surface area contributed by atoms with E-state index in [1.54, 1.807) is 4.31 Å². The minimum Gasteiger partial charge on any atom is -0.486 e. The van der Waals surface area contributed by atoms with E-state index >= 15 is 0 Å². The smallest absolute Gasteiger partial charge is 0.211 e. The van der Waals surface area contributed by atoms with E-state index in [1.165, 1.54) is 6.26 Å². The first-order valence-electron chi connectivity index (χ1n) is 10.9. The molecule has 0 amide bonds. The third kappa shape index (κ3) is 5.64. The van der Waals surface area contributed by atoms with E-state index in [9.17, 15) is 8.42 Å². The van der Waals surface area contributed by atoms with Gasteiger partial charge in [0.2, 0.25) is 10.0 Å². The van der Waals surface area contributed by atoms with E-state index < -0.39 is 10.0 Å². The largest absolute Gasteiger partial charge is 0.486 e. The van der Waals surface area contributed by atoms with Crippen LogP contribution in [0.2, 0.25) is 0 Å². The number of ether oxygens (including phenoxy) is 3. The quantitative estimate of drug-likeness (QED) is 0.599. The maximum atomic E-state index is 12.5. The highest BCUT2D eigenvalue weighted by Gasteiger charge is 2.32. The number of sulfonamides is 1. The fourth-order valence-electron chi connectivity index (χ4n) is 4.53. The maximum absolute atomic E-state index is 12.5. The molecule has 1 unspecified atom stereocenters. The summed E-state index contributed by atoms with van der Waals surface area (Å²) in [5.74, 6) is 1.60. The van der Waals surface area contributed by atoms with Crippen molar-refractivity contribution in [1.82, 2.24) is 14.1 Å². The predicted molar refractivity (Wildman–Crippen MR) is 115 cm³/mol. The molecule has 2 fully saturated rings. The Morgan fingerprint density at radius 3 is 2.57 bits per heavy atom. The molecular formula is C21H33N3O5S. The van der Waals surface area contributed by atoms with Crippen LogP contribution in [-0.2, 0) is 21.3 Å². The highest BCUT2D eigenvalue weighted by Crippen LogP contribution is 2.31. The molecule has 1 aromatic carbocycles. The molecule has 0 radical (unpaired) electrons. The normalized spacial score (nSPS) is 23.2. The highest BCUT2D eigenvalue weighted by atomic mass is 32.2. The first-order valence-corrected chi connectivity index (χ1v) is 12.7. The third-order valence-corrected chi connectivity index (χ3v) is 7.38. The Morgan fingerprint density at radius 2 is 1.80 bits per heavy atom. The lowest BCUT2D eigenvalue weighted by molar-refractivity contribution is 0.0366. The minimum atomic E-state index is -3.23. The van der Waals surface area contributed by atoms with Crippen LogP contribution in [0.15, 0.2) is 18.2 Å². The standard InChI is InChI=1S/C21H33N3O5S/c1-30(25,26)24(7-2-6-22-9-11-27-12-10-22)19-5-8-23(17-19)16-18-3-4-20-21(15-18)29-14-13-28-20/h3-4,15,19H,2,5-14,16-17H2,1H3. The Hall–Kier alpha value is -1.39. The summed E-state index contributed by atoms with van der Waals surface area (Å²) in [6, 6.07) is 6.11. The van der Waals surface area contributed by atoms with Gasteiger partial charge in [-0.15, -0.1) is 0 Å². The summed E-state index contributed by atoms with van der Waals surface area (Å²) in [7, 11) is -3.23. The van der Waals surface area contributed by atoms with Gasteiger partial charge in [-0.1, -0.05) is 6.07 Å². The Bertz CT molecular complexity index is 813. The van der Waals surface area contributed by atoms with Crippen molar-refractivity contribution >= 4 is 10.0 Å². The van der Waals surface area contributed by atoms with Crippen LogP contribution >= 0.6 is 0 Å². The minimum absolute atomic E-state index is 0.0434. The van der Waals surface area contributed by atoms with Gasteiger partial charge in [-0.05, 0) is 37.1 Å². The van der Waals surface area contributed by atoms with Gasteiger partial charge in [-0.3, -0.25) is 9.80 Å². The van der Waals surface area contributed by atoms with Crippen LogP contribution in [-0.4, -0.2) is 101 Å². The summed E-state index contributed by atoms with van der Waals surface area (Å²) in [4.78, 5) is 4.68. The Balaban J connectivity index is 1.31. The van der Waals surface area contributed by atoms with Gasteiger partial charge < -0.3 is 14.2 Å². The number of benzene rings is 1. The lowest BCUT2D eigenvalue weighted by atomic mass is 10.2. The molecule has 0 aromatic heterocycles. The van der Waals surface area contributed by atoms with Gasteiger partial charge in [-0.2, -0.15) is 4.31 Å². The number of hydrogen-bond donors (Lipinski definition) is 0. The van der Waals surface area contributed by atoms with Crippen molar-refractivity contribution in [3.63, 3.8) is 0 Å². The van der Waals surface area contributed by atoms with Crippen LogP contribution < -0.4 is 9.47 Å². The summed E-state index contributed by atoms with van der Waals surface area (Å²) >= 11 is 0. The lowest BCUT2D eigenvalue weighted by Gasteiger charge is -2.30. The van der Waals surface area contributed by atoms with Crippen LogP contribution in [0.4, 0.5) is 0 Å². The monoisotopic (exact) mass is 439 g/mol. The summed E-state index contributed by atoms with van der Waals surface area (Å²) < 4.78 is 43.3. The average Bonchev–Trinajstić information content (AvgIpc) is 3.18. The van der Waals surface area contributed by atoms with E-state index in [2.05, 4.69) is 15.9 Å². The van der Waals surface area contributed by atoms with Crippen LogP contribution in [0.25, 0.3) is 0 Å². The zero-order valence-electron chi connectivity index (χ0n) is 17.8. The van der Waals surface area contributed by atoms with Crippen molar-refractivity contribution in [1.29, 1.82) is 0 Å². The molecule has 30 heavy (non-hydrogen) atoms. The molecule has 8 nitrogen and oxygen atoms in total. The Morgan fingerprint density at radius 1 is 1.03 bits per heavy atom. The SMILES string of the molecule is CS(=O)(=O)N(CCCN1CCOCC1)C1CCN(Cc2ccc3c(c2)OCCO3)C1. The van der Waals surface area contributed by atoms with Crippen molar-refractivity contribution in [2.24, 2.45) is 0 Å². The van der Waals surface area contributed by atoms with Crippen molar-refractivity contribution in [3.05, 3.63) is 23.8 Å². The molecule has 1 atom stereocenters. The van der Waals surface area contributed by atoms with E-state index in [-0.39, 0.29) is 6.04 Å². The fourth-order valence-corrected chi connectivity index (χ4v) is 5.70. The molecule has 3 aliphatic rings. The van der Waals surface area contributed by atoms with Crippen molar-refractivity contribution in [2.75, 3.05) is 72.0 Å². The first kappa shape index (κ1) is 21.8. The van der Waals surface area contributed by atoms with Gasteiger partial charge in [0, 0.05) is 45.3 Å². The molecule has 0 bridgehead atoms. The predicted octanol–water partition coefficient (Wildman–Crippen LogP) is 1.02. The number of fused-ring (bicyclic) bond motifs is 1. The average molecular weight is 440 g/mol. The van der Waals surface area contributed by atoms with Gasteiger partial charge in [-0.25, -0.2) is 8.42 Å². The second-order valence-corrected chi connectivity index (χ2v) is 10.3. The zero-order chi connectivity index (χ0) is 21.0. The first-order chi connectivity index (χ1) is 14.5. The second-order valence-electron chi connectivity index (χ2n) is 8.34. The maximum Gasteiger partial charge on any atom is 0.211 e. The summed E-state index contributed by atoms with van der Waals surface area (Å²) in [6.45, 7) is 8.54. The van der Waals surface area contributed by atoms with Gasteiger partial charge in [0.25, 0.3) is 0 Å². The molecule has 1 aromatic rings. The van der Waals surface area contributed by atoms with E-state index in [0.717, 1.165) is 82.4 Å². The molecule has 0 saturated carbocycles. The van der Waals surface area contributed by atoms with Gasteiger partial charge >= 0.3 is 0 Å². The number of morpholine rings is 1. The van der Waals surface area contributed by atoms with Gasteiger partial charge in [0.1, 0.15) is 13.2 Å². The molecule has 168 valence electrons. The molecule has 0 N–H and O–H groups in total. The lowest BCUT2D eigenvalue weighted by Crippen LogP contribution is -2.43. The van der Waals surface area contributed by atoms with Crippen LogP contribution in [0, 0.1) is 0 Å². The topological polar surface area (TPSA) is 71.6 Å². The molecule has 9 heteroatoms. The van der Waals surface area contributed by atoms with E-state index in [1.807, 2.05) is 12.1 Å². The van der Waals surface area contributed by atoms with E-state index in [4.69, 9.17) is 14.2 Å². The van der Waals surface area contributed by atoms with E-state index in [0.29, 0.717) is 19.8 Å². The Labute approximate surface area is 179 Å². The van der Waals surface area contributed by atoms with Crippen molar-refractivity contribution < 1.29 is 22.6 Å². The molecule has 3 aliphatic heterocycles.